The number of nitrogens with one attached hydrogen (secondary N) is 1. The largest absolute Gasteiger partial charge is 0.378 e. The van der Waals surface area contributed by atoms with Crippen LogP contribution in [0.4, 0.5) is 0 Å². The molecule has 0 aliphatic carbocycles. The highest BCUT2D eigenvalue weighted by atomic mass is 16.5. The van der Waals surface area contributed by atoms with Crippen LogP contribution in [0, 0.1) is 0 Å². The molecule has 0 radical (unpaired) electrons. The van der Waals surface area contributed by atoms with Crippen LogP contribution in [-0.4, -0.2) is 50.3 Å². The molecule has 0 aromatic heterocycles. The first-order valence-electron chi connectivity index (χ1n) is 6.88. The van der Waals surface area contributed by atoms with E-state index in [1.165, 1.54) is 58.2 Å². The van der Waals surface area contributed by atoms with Crippen molar-refractivity contribution in [2.75, 3.05) is 33.3 Å². The lowest BCUT2D eigenvalue weighted by molar-refractivity contribution is 0.0994. The van der Waals surface area contributed by atoms with E-state index < -0.39 is 0 Å². The Hall–Kier alpha value is -0.120. The predicted molar refractivity (Wildman–Crippen MR) is 66.7 cm³/mol. The first kappa shape index (κ1) is 12.3. The van der Waals surface area contributed by atoms with Gasteiger partial charge in [-0.3, -0.25) is 0 Å². The summed E-state index contributed by atoms with van der Waals surface area (Å²) in [5.41, 5.74) is 0. The SMILES string of the molecule is CN(CCCC1CCCO1)CC1CCCN1. The van der Waals surface area contributed by atoms with Crippen molar-refractivity contribution in [3.05, 3.63) is 0 Å². The van der Waals surface area contributed by atoms with Crippen molar-refractivity contribution in [3.63, 3.8) is 0 Å². The predicted octanol–water partition coefficient (Wildman–Crippen LogP) is 1.63. The van der Waals surface area contributed by atoms with Crippen LogP contribution < -0.4 is 5.32 Å². The van der Waals surface area contributed by atoms with Gasteiger partial charge in [0.25, 0.3) is 0 Å². The van der Waals surface area contributed by atoms with Crippen molar-refractivity contribution < 1.29 is 4.74 Å². The molecular formula is C13H26N2O. The molecule has 16 heavy (non-hydrogen) atoms. The number of nitrogens with zero attached hydrogens (tertiary/aromatic N) is 1. The average molecular weight is 226 g/mol. The summed E-state index contributed by atoms with van der Waals surface area (Å²) < 4.78 is 5.64. The normalized spacial score (nSPS) is 30.4. The molecule has 2 atom stereocenters. The maximum atomic E-state index is 5.64. The summed E-state index contributed by atoms with van der Waals surface area (Å²) in [5.74, 6) is 0. The highest BCUT2D eigenvalue weighted by molar-refractivity contribution is 4.77. The highest BCUT2D eigenvalue weighted by Gasteiger charge is 2.17. The molecule has 2 saturated heterocycles. The summed E-state index contributed by atoms with van der Waals surface area (Å²) >= 11 is 0. The molecule has 2 aliphatic rings. The van der Waals surface area contributed by atoms with E-state index >= 15 is 0 Å². The summed E-state index contributed by atoms with van der Waals surface area (Å²) in [6.45, 7) is 4.64. The van der Waals surface area contributed by atoms with Gasteiger partial charge < -0.3 is 15.0 Å². The number of ether oxygens (including phenoxy) is 1. The average Bonchev–Trinajstić information content (AvgIpc) is 2.90. The van der Waals surface area contributed by atoms with E-state index in [4.69, 9.17) is 4.74 Å². The van der Waals surface area contributed by atoms with Gasteiger partial charge in [0.1, 0.15) is 0 Å². The van der Waals surface area contributed by atoms with E-state index in [-0.39, 0.29) is 0 Å². The monoisotopic (exact) mass is 226 g/mol. The fraction of sp³-hybridized carbons (Fsp3) is 1.00. The van der Waals surface area contributed by atoms with E-state index in [9.17, 15) is 0 Å². The zero-order valence-corrected chi connectivity index (χ0v) is 10.6. The minimum Gasteiger partial charge on any atom is -0.378 e. The highest BCUT2D eigenvalue weighted by Crippen LogP contribution is 2.17. The quantitative estimate of drug-likeness (QED) is 0.745. The Morgan fingerprint density at radius 1 is 1.31 bits per heavy atom. The molecule has 2 heterocycles. The summed E-state index contributed by atoms with van der Waals surface area (Å²) in [6, 6.07) is 0.743. The third-order valence-corrected chi connectivity index (χ3v) is 3.78. The fourth-order valence-corrected chi connectivity index (χ4v) is 2.84. The van der Waals surface area contributed by atoms with Crippen molar-refractivity contribution >= 4 is 0 Å². The molecule has 2 aliphatic heterocycles. The van der Waals surface area contributed by atoms with Crippen LogP contribution in [0.1, 0.15) is 38.5 Å². The molecule has 3 nitrogen and oxygen atoms in total. The molecule has 0 aromatic carbocycles. The van der Waals surface area contributed by atoms with E-state index in [2.05, 4.69) is 17.3 Å². The Kier molecular flexibility index (Phi) is 5.07. The minimum atomic E-state index is 0.568. The van der Waals surface area contributed by atoms with Crippen molar-refractivity contribution in [2.45, 2.75) is 50.7 Å². The number of likely N-dealkylation sites (N-methyl/N-ethyl adjacent to an activating group) is 1. The Labute approximate surface area is 99.5 Å². The summed E-state index contributed by atoms with van der Waals surface area (Å²) in [7, 11) is 2.25. The van der Waals surface area contributed by atoms with Gasteiger partial charge in [0, 0.05) is 19.2 Å². The first-order chi connectivity index (χ1) is 7.84. The van der Waals surface area contributed by atoms with Crippen molar-refractivity contribution in [2.24, 2.45) is 0 Å². The Bertz CT molecular complexity index is 186. The van der Waals surface area contributed by atoms with E-state index in [0.29, 0.717) is 6.10 Å². The molecule has 2 fully saturated rings. The van der Waals surface area contributed by atoms with Gasteiger partial charge in [-0.15, -0.1) is 0 Å². The molecule has 2 rings (SSSR count). The van der Waals surface area contributed by atoms with Crippen LogP contribution in [0.3, 0.4) is 0 Å². The second-order valence-electron chi connectivity index (χ2n) is 5.33. The topological polar surface area (TPSA) is 24.5 Å². The van der Waals surface area contributed by atoms with E-state index in [0.717, 1.165) is 12.6 Å². The van der Waals surface area contributed by atoms with Crippen LogP contribution in [0.15, 0.2) is 0 Å². The number of hydrogen-bond acceptors (Lipinski definition) is 3. The maximum Gasteiger partial charge on any atom is 0.0576 e. The van der Waals surface area contributed by atoms with Crippen molar-refractivity contribution in [1.82, 2.24) is 10.2 Å². The molecule has 2 unspecified atom stereocenters. The van der Waals surface area contributed by atoms with Gasteiger partial charge in [0.15, 0.2) is 0 Å². The van der Waals surface area contributed by atoms with E-state index in [1.807, 2.05) is 0 Å². The van der Waals surface area contributed by atoms with Crippen LogP contribution in [0.25, 0.3) is 0 Å². The van der Waals surface area contributed by atoms with Gasteiger partial charge in [-0.2, -0.15) is 0 Å². The Morgan fingerprint density at radius 3 is 2.94 bits per heavy atom. The molecule has 0 amide bonds. The third kappa shape index (κ3) is 4.04. The smallest absolute Gasteiger partial charge is 0.0576 e. The lowest BCUT2D eigenvalue weighted by Crippen LogP contribution is -2.35. The van der Waals surface area contributed by atoms with Gasteiger partial charge in [0.2, 0.25) is 0 Å². The summed E-state index contributed by atoms with van der Waals surface area (Å²) in [6.07, 6.45) is 8.37. The standard InChI is InChI=1S/C13H26N2O/c1-15(11-12-5-2-8-14-12)9-3-6-13-7-4-10-16-13/h12-14H,2-11H2,1H3. The maximum absolute atomic E-state index is 5.64. The van der Waals surface area contributed by atoms with Crippen LogP contribution in [-0.2, 0) is 4.74 Å². The van der Waals surface area contributed by atoms with Gasteiger partial charge >= 0.3 is 0 Å². The number of rotatable bonds is 6. The van der Waals surface area contributed by atoms with Gasteiger partial charge in [-0.1, -0.05) is 0 Å². The van der Waals surface area contributed by atoms with Gasteiger partial charge in [-0.25, -0.2) is 0 Å². The molecular weight excluding hydrogens is 200 g/mol. The lowest BCUT2D eigenvalue weighted by atomic mass is 10.1. The first-order valence-corrected chi connectivity index (χ1v) is 6.88. The fourth-order valence-electron chi connectivity index (χ4n) is 2.84. The van der Waals surface area contributed by atoms with Crippen LogP contribution in [0.2, 0.25) is 0 Å². The van der Waals surface area contributed by atoms with Crippen LogP contribution >= 0.6 is 0 Å². The molecule has 0 bridgehead atoms. The van der Waals surface area contributed by atoms with Crippen LogP contribution in [0.5, 0.6) is 0 Å². The lowest BCUT2D eigenvalue weighted by Gasteiger charge is -2.21. The zero-order chi connectivity index (χ0) is 11.2. The summed E-state index contributed by atoms with van der Waals surface area (Å²) in [4.78, 5) is 2.47. The summed E-state index contributed by atoms with van der Waals surface area (Å²) in [5, 5.41) is 3.55. The molecule has 0 spiro atoms. The van der Waals surface area contributed by atoms with Gasteiger partial charge in [0.05, 0.1) is 6.10 Å². The number of hydrogen-bond donors (Lipinski definition) is 1. The second-order valence-corrected chi connectivity index (χ2v) is 5.33. The Morgan fingerprint density at radius 2 is 2.25 bits per heavy atom. The second kappa shape index (κ2) is 6.58. The molecule has 1 N–H and O–H groups in total. The van der Waals surface area contributed by atoms with Gasteiger partial charge in [-0.05, 0) is 58.7 Å². The van der Waals surface area contributed by atoms with E-state index in [1.54, 1.807) is 0 Å². The molecule has 0 saturated carbocycles. The minimum absolute atomic E-state index is 0.568. The zero-order valence-electron chi connectivity index (χ0n) is 10.6. The molecule has 0 aromatic rings. The Balaban J connectivity index is 1.51. The van der Waals surface area contributed by atoms with Crippen molar-refractivity contribution in [3.8, 4) is 0 Å². The third-order valence-electron chi connectivity index (χ3n) is 3.78. The van der Waals surface area contributed by atoms with Crippen molar-refractivity contribution in [1.29, 1.82) is 0 Å². The molecule has 3 heteroatoms. The molecule has 94 valence electrons.